The van der Waals surface area contributed by atoms with Gasteiger partial charge in [0.1, 0.15) is 17.2 Å². The van der Waals surface area contributed by atoms with E-state index in [1.807, 2.05) is 40.9 Å². The number of aliphatic carboxylic acids is 1. The molecule has 7 heteroatoms. The Morgan fingerprint density at radius 2 is 1.96 bits per heavy atom. The first-order valence-electron chi connectivity index (χ1n) is 9.09. The molecule has 0 unspecified atom stereocenters. The van der Waals surface area contributed by atoms with Gasteiger partial charge in [0.25, 0.3) is 5.97 Å². The van der Waals surface area contributed by atoms with E-state index >= 15 is 0 Å². The molecule has 3 aromatic rings. The molecule has 1 aliphatic rings. The minimum atomic E-state index is -0.833. The number of fused-ring (bicyclic) bond motifs is 1. The van der Waals surface area contributed by atoms with Gasteiger partial charge in [-0.15, -0.1) is 0 Å². The van der Waals surface area contributed by atoms with Gasteiger partial charge in [-0.25, -0.2) is 4.98 Å². The van der Waals surface area contributed by atoms with Crippen LogP contribution in [0.2, 0.25) is 5.02 Å². The Bertz CT molecular complexity index is 901. The van der Waals surface area contributed by atoms with Crippen LogP contribution in [0.4, 0.5) is 5.82 Å². The summed E-state index contributed by atoms with van der Waals surface area (Å²) in [6.45, 7) is 1.08. The van der Waals surface area contributed by atoms with Crippen LogP contribution in [0.3, 0.4) is 0 Å². The van der Waals surface area contributed by atoms with Gasteiger partial charge >= 0.3 is 0 Å². The number of pyridine rings is 2. The van der Waals surface area contributed by atoms with Crippen molar-refractivity contribution < 1.29 is 9.90 Å². The lowest BCUT2D eigenvalue weighted by atomic mass is 9.95. The molecule has 3 heterocycles. The zero-order valence-corrected chi connectivity index (χ0v) is 16.0. The zero-order valence-electron chi connectivity index (χ0n) is 15.2. The molecule has 142 valence electrons. The molecule has 2 N–H and O–H groups in total. The van der Waals surface area contributed by atoms with E-state index in [2.05, 4.69) is 10.3 Å². The van der Waals surface area contributed by atoms with Crippen molar-refractivity contribution in [1.82, 2.24) is 14.4 Å². The molecular weight excluding hydrogens is 364 g/mol. The first kappa shape index (κ1) is 19.2. The highest BCUT2D eigenvalue weighted by atomic mass is 35.5. The number of halogens is 1. The summed E-state index contributed by atoms with van der Waals surface area (Å²) < 4.78 is 2.04. The van der Waals surface area contributed by atoms with Gasteiger partial charge in [-0.1, -0.05) is 36.9 Å². The first-order chi connectivity index (χ1) is 13.0. The van der Waals surface area contributed by atoms with E-state index in [9.17, 15) is 0 Å². The number of carboxylic acid groups (broad SMARTS) is 1. The second-order valence-corrected chi connectivity index (χ2v) is 7.03. The van der Waals surface area contributed by atoms with Gasteiger partial charge in [-0.3, -0.25) is 14.2 Å². The van der Waals surface area contributed by atoms with Gasteiger partial charge in [0, 0.05) is 25.4 Å². The molecule has 3 aromatic heterocycles. The third-order valence-electron chi connectivity index (χ3n) is 4.44. The summed E-state index contributed by atoms with van der Waals surface area (Å²) in [5.74, 6) is 0.160. The lowest BCUT2D eigenvalue weighted by Gasteiger charge is -2.24. The lowest BCUT2D eigenvalue weighted by Crippen LogP contribution is -2.23. The topological polar surface area (TPSA) is 79.5 Å². The third kappa shape index (κ3) is 4.98. The van der Waals surface area contributed by atoms with Crippen LogP contribution in [-0.4, -0.2) is 31.5 Å². The molecule has 1 saturated carbocycles. The molecule has 0 aliphatic heterocycles. The van der Waals surface area contributed by atoms with Crippen LogP contribution in [0.5, 0.6) is 0 Å². The Balaban J connectivity index is 0.000000481. The maximum atomic E-state index is 9.00. The van der Waals surface area contributed by atoms with E-state index in [0.717, 1.165) is 29.8 Å². The Hall–Kier alpha value is -2.60. The number of imidazole rings is 1. The third-order valence-corrected chi connectivity index (χ3v) is 4.66. The molecule has 1 fully saturated rings. The Morgan fingerprint density at radius 1 is 1.22 bits per heavy atom. The van der Waals surface area contributed by atoms with Gasteiger partial charge in [0.05, 0.1) is 10.7 Å². The van der Waals surface area contributed by atoms with Crippen molar-refractivity contribution in [2.24, 2.45) is 0 Å². The van der Waals surface area contributed by atoms with Gasteiger partial charge in [0.15, 0.2) is 0 Å². The zero-order chi connectivity index (χ0) is 19.2. The largest absolute Gasteiger partial charge is 0.481 e. The first-order valence-corrected chi connectivity index (χ1v) is 9.47. The van der Waals surface area contributed by atoms with Crippen LogP contribution >= 0.6 is 11.6 Å². The number of aromatic nitrogens is 3. The summed E-state index contributed by atoms with van der Waals surface area (Å²) in [5.41, 5.74) is 2.65. The number of anilines is 1. The molecule has 0 saturated heterocycles. The van der Waals surface area contributed by atoms with E-state index in [1.54, 1.807) is 6.20 Å². The maximum Gasteiger partial charge on any atom is 0.300 e. The fourth-order valence-electron chi connectivity index (χ4n) is 3.28. The average molecular weight is 387 g/mol. The predicted octanol–water partition coefficient (Wildman–Crippen LogP) is 4.89. The molecule has 0 amide bonds. The number of nitrogens with one attached hydrogen (secondary N) is 1. The van der Waals surface area contributed by atoms with Crippen LogP contribution < -0.4 is 5.32 Å². The second-order valence-electron chi connectivity index (χ2n) is 6.60. The van der Waals surface area contributed by atoms with Crippen LogP contribution in [0.15, 0.2) is 42.7 Å². The van der Waals surface area contributed by atoms with E-state index in [1.165, 1.54) is 32.1 Å². The number of nitrogens with zero attached hydrogens (tertiary/aromatic N) is 3. The number of carboxylic acids is 1. The molecule has 6 nitrogen and oxygen atoms in total. The fraction of sp³-hybridized carbons (Fsp3) is 0.350. The molecule has 0 radical (unpaired) electrons. The summed E-state index contributed by atoms with van der Waals surface area (Å²) in [5, 5.41) is 11.8. The number of hydrogen-bond donors (Lipinski definition) is 2. The molecule has 0 bridgehead atoms. The minimum absolute atomic E-state index is 0.491. The molecule has 1 aliphatic carbocycles. The monoisotopic (exact) mass is 386 g/mol. The van der Waals surface area contributed by atoms with Crippen molar-refractivity contribution in [2.75, 3.05) is 5.32 Å². The average Bonchev–Trinajstić information content (AvgIpc) is 3.01. The molecule has 0 atom stereocenters. The standard InChI is InChI=1S/C18H19ClN4.C2H4O2/c19-13-9-10-16-22-17(15-8-4-5-11-20-15)18(23(16)12-13)21-14-6-2-1-3-7-14;1-2(3)4/h4-5,8-12,14,21H,1-3,6-7H2;1H3,(H,3,4). The summed E-state index contributed by atoms with van der Waals surface area (Å²) >= 11 is 6.20. The van der Waals surface area contributed by atoms with Gasteiger partial charge in [-0.2, -0.15) is 0 Å². The lowest BCUT2D eigenvalue weighted by molar-refractivity contribution is -0.134. The van der Waals surface area contributed by atoms with Crippen molar-refractivity contribution in [3.8, 4) is 11.4 Å². The Kier molecular flexibility index (Phi) is 6.29. The summed E-state index contributed by atoms with van der Waals surface area (Å²) in [4.78, 5) is 18.2. The highest BCUT2D eigenvalue weighted by molar-refractivity contribution is 6.30. The molecular formula is C20H23ClN4O2. The Labute approximate surface area is 163 Å². The maximum absolute atomic E-state index is 9.00. The molecule has 27 heavy (non-hydrogen) atoms. The van der Waals surface area contributed by atoms with Gasteiger partial charge in [-0.05, 0) is 37.1 Å². The summed E-state index contributed by atoms with van der Waals surface area (Å²) in [6, 6.07) is 10.2. The predicted molar refractivity (Wildman–Crippen MR) is 107 cm³/mol. The molecule has 0 aromatic carbocycles. The van der Waals surface area contributed by atoms with Crippen LogP contribution in [0, 0.1) is 0 Å². The summed E-state index contributed by atoms with van der Waals surface area (Å²) in [6.07, 6.45) is 10.0. The van der Waals surface area contributed by atoms with E-state index < -0.39 is 5.97 Å². The van der Waals surface area contributed by atoms with Crippen molar-refractivity contribution in [1.29, 1.82) is 0 Å². The second kappa shape index (κ2) is 8.86. The van der Waals surface area contributed by atoms with E-state index in [0.29, 0.717) is 11.1 Å². The SMILES string of the molecule is CC(=O)O.Clc1ccc2nc(-c3ccccn3)c(NC3CCCCC3)n2c1. The van der Waals surface area contributed by atoms with E-state index in [-0.39, 0.29) is 0 Å². The fourth-order valence-corrected chi connectivity index (χ4v) is 3.44. The highest BCUT2D eigenvalue weighted by Crippen LogP contribution is 2.31. The van der Waals surface area contributed by atoms with Crippen LogP contribution in [0.1, 0.15) is 39.0 Å². The van der Waals surface area contributed by atoms with Crippen LogP contribution in [0.25, 0.3) is 17.0 Å². The number of carbonyl (C=O) groups is 1. The highest BCUT2D eigenvalue weighted by Gasteiger charge is 2.20. The van der Waals surface area contributed by atoms with Crippen molar-refractivity contribution in [3.05, 3.63) is 47.7 Å². The Morgan fingerprint density at radius 3 is 2.63 bits per heavy atom. The summed E-state index contributed by atoms with van der Waals surface area (Å²) in [7, 11) is 0. The smallest absolute Gasteiger partial charge is 0.300 e. The van der Waals surface area contributed by atoms with Crippen molar-refractivity contribution >= 4 is 29.0 Å². The van der Waals surface area contributed by atoms with E-state index in [4.69, 9.17) is 26.5 Å². The van der Waals surface area contributed by atoms with Crippen LogP contribution in [-0.2, 0) is 4.79 Å². The van der Waals surface area contributed by atoms with Gasteiger partial charge in [0.2, 0.25) is 0 Å². The molecule has 4 rings (SSSR count). The number of rotatable bonds is 3. The molecule has 0 spiro atoms. The minimum Gasteiger partial charge on any atom is -0.481 e. The quantitative estimate of drug-likeness (QED) is 0.670. The number of hydrogen-bond acceptors (Lipinski definition) is 4. The van der Waals surface area contributed by atoms with Crippen molar-refractivity contribution in [3.63, 3.8) is 0 Å². The normalized spacial score (nSPS) is 14.4. The van der Waals surface area contributed by atoms with Crippen molar-refractivity contribution in [2.45, 2.75) is 45.1 Å². The van der Waals surface area contributed by atoms with Gasteiger partial charge < -0.3 is 10.4 Å².